The maximum atomic E-state index is 11.5. The molecule has 0 radical (unpaired) electrons. The SMILES string of the molecule is Nc1c(NCCCC(=O)NC2CC2)cccc1C(=O)O. The van der Waals surface area contributed by atoms with Gasteiger partial charge in [-0.25, -0.2) is 4.79 Å². The normalized spacial score (nSPS) is 13.8. The molecule has 1 amide bonds. The van der Waals surface area contributed by atoms with Crippen LogP contribution >= 0.6 is 0 Å². The predicted octanol–water partition coefficient (Wildman–Crippen LogP) is 1.44. The van der Waals surface area contributed by atoms with Gasteiger partial charge >= 0.3 is 5.97 Å². The van der Waals surface area contributed by atoms with Gasteiger partial charge < -0.3 is 21.5 Å². The molecule has 6 nitrogen and oxygen atoms in total. The standard InChI is InChI=1S/C14H19N3O3/c15-13-10(14(19)20)3-1-4-11(13)16-8-2-5-12(18)17-9-6-7-9/h1,3-4,9,16H,2,5-8,15H2,(H,17,18)(H,19,20). The third-order valence-corrected chi connectivity index (χ3v) is 3.18. The molecule has 1 saturated carbocycles. The van der Waals surface area contributed by atoms with Gasteiger partial charge in [-0.2, -0.15) is 0 Å². The topological polar surface area (TPSA) is 104 Å². The van der Waals surface area contributed by atoms with Crippen molar-refractivity contribution in [2.45, 2.75) is 31.7 Å². The summed E-state index contributed by atoms with van der Waals surface area (Å²) in [5, 5.41) is 14.9. The van der Waals surface area contributed by atoms with Crippen LogP contribution in [0.25, 0.3) is 0 Å². The highest BCUT2D eigenvalue weighted by atomic mass is 16.4. The molecule has 1 aliphatic rings. The molecule has 1 aromatic carbocycles. The number of rotatable bonds is 7. The van der Waals surface area contributed by atoms with Crippen molar-refractivity contribution in [2.24, 2.45) is 0 Å². The summed E-state index contributed by atoms with van der Waals surface area (Å²) in [6.45, 7) is 0.575. The van der Waals surface area contributed by atoms with Crippen LogP contribution in [0.3, 0.4) is 0 Å². The molecule has 0 aromatic heterocycles. The second-order valence-electron chi connectivity index (χ2n) is 4.94. The van der Waals surface area contributed by atoms with Crippen LogP contribution in [0.1, 0.15) is 36.0 Å². The van der Waals surface area contributed by atoms with Crippen molar-refractivity contribution < 1.29 is 14.7 Å². The highest BCUT2D eigenvalue weighted by molar-refractivity contribution is 5.97. The summed E-state index contributed by atoms with van der Waals surface area (Å²) in [7, 11) is 0. The van der Waals surface area contributed by atoms with Gasteiger partial charge in [-0.1, -0.05) is 6.07 Å². The lowest BCUT2D eigenvalue weighted by atomic mass is 10.1. The molecule has 0 bridgehead atoms. The van der Waals surface area contributed by atoms with Gasteiger partial charge in [0.2, 0.25) is 5.91 Å². The lowest BCUT2D eigenvalue weighted by Gasteiger charge is -2.11. The summed E-state index contributed by atoms with van der Waals surface area (Å²) in [6.07, 6.45) is 3.31. The Morgan fingerprint density at radius 1 is 1.35 bits per heavy atom. The summed E-state index contributed by atoms with van der Waals surface area (Å²) in [5.41, 5.74) is 6.68. The maximum absolute atomic E-state index is 11.5. The molecule has 5 N–H and O–H groups in total. The molecular formula is C14H19N3O3. The minimum atomic E-state index is -1.05. The first kappa shape index (κ1) is 14.2. The Kier molecular flexibility index (Phi) is 4.45. The number of benzene rings is 1. The number of nitrogens with two attached hydrogens (primary N) is 1. The quantitative estimate of drug-likeness (QED) is 0.446. The van der Waals surface area contributed by atoms with Crippen LogP contribution in [0.5, 0.6) is 0 Å². The largest absolute Gasteiger partial charge is 0.478 e. The van der Waals surface area contributed by atoms with E-state index in [-0.39, 0.29) is 17.2 Å². The molecule has 1 fully saturated rings. The highest BCUT2D eigenvalue weighted by Gasteiger charge is 2.22. The van der Waals surface area contributed by atoms with Gasteiger partial charge in [0.15, 0.2) is 0 Å². The fourth-order valence-corrected chi connectivity index (χ4v) is 1.91. The third kappa shape index (κ3) is 3.88. The first-order chi connectivity index (χ1) is 9.58. The van der Waals surface area contributed by atoms with E-state index in [9.17, 15) is 9.59 Å². The Bertz CT molecular complexity index is 512. The third-order valence-electron chi connectivity index (χ3n) is 3.18. The maximum Gasteiger partial charge on any atom is 0.337 e. The first-order valence-corrected chi connectivity index (χ1v) is 6.73. The van der Waals surface area contributed by atoms with E-state index in [0.29, 0.717) is 31.1 Å². The first-order valence-electron chi connectivity index (χ1n) is 6.73. The number of amides is 1. The van der Waals surface area contributed by atoms with E-state index in [1.807, 2.05) is 0 Å². The molecule has 2 rings (SSSR count). The van der Waals surface area contributed by atoms with Crippen LogP contribution in [0.2, 0.25) is 0 Å². The number of hydrogen-bond donors (Lipinski definition) is 4. The van der Waals surface area contributed by atoms with Crippen LogP contribution in [-0.4, -0.2) is 29.6 Å². The van der Waals surface area contributed by atoms with Crippen LogP contribution < -0.4 is 16.4 Å². The van der Waals surface area contributed by atoms with E-state index in [1.165, 1.54) is 6.07 Å². The average molecular weight is 277 g/mol. The Morgan fingerprint density at radius 2 is 2.10 bits per heavy atom. The van der Waals surface area contributed by atoms with Gasteiger partial charge in [0.1, 0.15) is 0 Å². The molecule has 0 atom stereocenters. The summed E-state index contributed by atoms with van der Waals surface area (Å²) in [6, 6.07) is 5.22. The fraction of sp³-hybridized carbons (Fsp3) is 0.429. The number of carbonyl (C=O) groups excluding carboxylic acids is 1. The molecule has 1 aromatic rings. The second kappa shape index (κ2) is 6.27. The van der Waals surface area contributed by atoms with Gasteiger partial charge in [0.05, 0.1) is 16.9 Å². The number of aromatic carboxylic acids is 1. The summed E-state index contributed by atoms with van der Waals surface area (Å²) in [4.78, 5) is 22.4. The van der Waals surface area contributed by atoms with Gasteiger partial charge in [-0.3, -0.25) is 4.79 Å². The Morgan fingerprint density at radius 3 is 2.75 bits per heavy atom. The van der Waals surface area contributed by atoms with Crippen LogP contribution in [0.15, 0.2) is 18.2 Å². The molecule has 0 saturated heterocycles. The Balaban J connectivity index is 1.77. The number of anilines is 2. The average Bonchev–Trinajstić information content (AvgIpc) is 3.19. The monoisotopic (exact) mass is 277 g/mol. The smallest absolute Gasteiger partial charge is 0.337 e. The highest BCUT2D eigenvalue weighted by Crippen LogP contribution is 2.22. The predicted molar refractivity (Wildman–Crippen MR) is 76.7 cm³/mol. The molecule has 20 heavy (non-hydrogen) atoms. The van der Waals surface area contributed by atoms with Crippen molar-refractivity contribution in [3.8, 4) is 0 Å². The summed E-state index contributed by atoms with van der Waals surface area (Å²) >= 11 is 0. The van der Waals surface area contributed by atoms with Crippen molar-refractivity contribution in [3.63, 3.8) is 0 Å². The molecule has 0 unspecified atom stereocenters. The molecule has 1 aliphatic carbocycles. The van der Waals surface area contributed by atoms with Crippen molar-refractivity contribution in [3.05, 3.63) is 23.8 Å². The van der Waals surface area contributed by atoms with Crippen molar-refractivity contribution in [1.29, 1.82) is 0 Å². The number of nitrogens with one attached hydrogen (secondary N) is 2. The number of carboxylic acid groups (broad SMARTS) is 1. The minimum absolute atomic E-state index is 0.0709. The van der Waals surface area contributed by atoms with Gasteiger partial charge in [-0.05, 0) is 31.4 Å². The van der Waals surface area contributed by atoms with Gasteiger partial charge in [0.25, 0.3) is 0 Å². The van der Waals surface area contributed by atoms with E-state index < -0.39 is 5.97 Å². The minimum Gasteiger partial charge on any atom is -0.478 e. The second-order valence-corrected chi connectivity index (χ2v) is 4.94. The van der Waals surface area contributed by atoms with Crippen LogP contribution in [-0.2, 0) is 4.79 Å². The van der Waals surface area contributed by atoms with Crippen molar-refractivity contribution in [1.82, 2.24) is 5.32 Å². The molecule has 0 aliphatic heterocycles. The van der Waals surface area contributed by atoms with Crippen molar-refractivity contribution >= 4 is 23.3 Å². The Hall–Kier alpha value is -2.24. The number of para-hydroxylation sites is 1. The molecule has 0 spiro atoms. The molecular weight excluding hydrogens is 258 g/mol. The number of nitrogen functional groups attached to an aromatic ring is 1. The van der Waals surface area contributed by atoms with E-state index in [2.05, 4.69) is 10.6 Å². The number of carbonyl (C=O) groups is 2. The lowest BCUT2D eigenvalue weighted by Crippen LogP contribution is -2.25. The van der Waals surface area contributed by atoms with Gasteiger partial charge in [0, 0.05) is 19.0 Å². The van der Waals surface area contributed by atoms with E-state index in [0.717, 1.165) is 12.8 Å². The molecule has 108 valence electrons. The molecule has 0 heterocycles. The number of carboxylic acids is 1. The zero-order chi connectivity index (χ0) is 14.5. The van der Waals surface area contributed by atoms with Crippen LogP contribution in [0.4, 0.5) is 11.4 Å². The summed E-state index contributed by atoms with van der Waals surface area (Å²) < 4.78 is 0. The van der Waals surface area contributed by atoms with E-state index in [4.69, 9.17) is 10.8 Å². The van der Waals surface area contributed by atoms with Crippen LogP contribution in [0, 0.1) is 0 Å². The fourth-order valence-electron chi connectivity index (χ4n) is 1.91. The Labute approximate surface area is 117 Å². The lowest BCUT2D eigenvalue weighted by molar-refractivity contribution is -0.121. The molecule has 6 heteroatoms. The van der Waals surface area contributed by atoms with Gasteiger partial charge in [-0.15, -0.1) is 0 Å². The van der Waals surface area contributed by atoms with E-state index >= 15 is 0 Å². The summed E-state index contributed by atoms with van der Waals surface area (Å²) in [5.74, 6) is -0.975. The zero-order valence-electron chi connectivity index (χ0n) is 11.2. The number of hydrogen-bond acceptors (Lipinski definition) is 4. The van der Waals surface area contributed by atoms with E-state index in [1.54, 1.807) is 12.1 Å². The zero-order valence-corrected chi connectivity index (χ0v) is 11.2. The van der Waals surface area contributed by atoms with Crippen molar-refractivity contribution in [2.75, 3.05) is 17.6 Å².